The van der Waals surface area contributed by atoms with Crippen LogP contribution in [0.3, 0.4) is 0 Å². The lowest BCUT2D eigenvalue weighted by molar-refractivity contribution is 0.277. The van der Waals surface area contributed by atoms with Gasteiger partial charge in [0.1, 0.15) is 0 Å². The molecule has 1 aliphatic carbocycles. The highest BCUT2D eigenvalue weighted by molar-refractivity contribution is 6.36. The highest BCUT2D eigenvalue weighted by Gasteiger charge is 2.22. The molecule has 146 valence electrons. The number of aromatic nitrogens is 2. The molecule has 5 nitrogen and oxygen atoms in total. The fourth-order valence-corrected chi connectivity index (χ4v) is 4.07. The summed E-state index contributed by atoms with van der Waals surface area (Å²) in [6.45, 7) is 1.98. The van der Waals surface area contributed by atoms with Crippen molar-refractivity contribution in [2.24, 2.45) is 0 Å². The molecule has 1 aromatic carbocycles. The standard InChI is InChI=1S/C20H19ClN4.C2H6O/c1-12-6-19-15(7-13(12)8-22)17(11-25(19)14-4-2-3-5-14)16-9-24-10-18(23)20(16)21;1-3-2/h6-7,9-11,14H,2-5,23H2,1H3;1-2H3. The molecule has 0 saturated heterocycles. The Balaban J connectivity index is 0.000000706. The minimum absolute atomic E-state index is 0.466. The van der Waals surface area contributed by atoms with Crippen molar-refractivity contribution in [2.45, 2.75) is 38.6 Å². The van der Waals surface area contributed by atoms with Gasteiger partial charge in [-0.2, -0.15) is 5.26 Å². The Morgan fingerprint density at radius 2 is 1.89 bits per heavy atom. The first-order chi connectivity index (χ1) is 13.5. The van der Waals surface area contributed by atoms with Gasteiger partial charge >= 0.3 is 0 Å². The zero-order chi connectivity index (χ0) is 20.3. The van der Waals surface area contributed by atoms with Crippen LogP contribution in [0.1, 0.15) is 42.9 Å². The molecule has 0 unspecified atom stereocenters. The summed E-state index contributed by atoms with van der Waals surface area (Å²) in [5.74, 6) is 0. The molecule has 2 N–H and O–H groups in total. The average Bonchev–Trinajstić information content (AvgIpc) is 3.32. The van der Waals surface area contributed by atoms with Crippen LogP contribution in [0.15, 0.2) is 30.7 Å². The first-order valence-electron chi connectivity index (χ1n) is 9.36. The van der Waals surface area contributed by atoms with Gasteiger partial charge in [-0.1, -0.05) is 24.4 Å². The summed E-state index contributed by atoms with van der Waals surface area (Å²) in [6, 6.07) is 6.86. The number of aryl methyl sites for hydroxylation is 1. The van der Waals surface area contributed by atoms with Crippen LogP contribution in [0, 0.1) is 18.3 Å². The van der Waals surface area contributed by atoms with E-state index in [2.05, 4.69) is 32.6 Å². The number of methoxy groups -OCH3 is 1. The third-order valence-electron chi connectivity index (χ3n) is 5.22. The molecule has 0 amide bonds. The van der Waals surface area contributed by atoms with Crippen LogP contribution in [0.2, 0.25) is 5.02 Å². The molecule has 1 fully saturated rings. The van der Waals surface area contributed by atoms with Crippen LogP contribution < -0.4 is 5.73 Å². The maximum absolute atomic E-state index is 9.44. The summed E-state index contributed by atoms with van der Waals surface area (Å²) in [7, 11) is 3.25. The Morgan fingerprint density at radius 3 is 2.54 bits per heavy atom. The molecule has 2 heterocycles. The van der Waals surface area contributed by atoms with E-state index in [0.717, 1.165) is 27.6 Å². The molecule has 0 spiro atoms. The maximum atomic E-state index is 9.44. The molecule has 1 saturated carbocycles. The normalized spacial score (nSPS) is 14.0. The fourth-order valence-electron chi connectivity index (χ4n) is 3.87. The number of rotatable bonds is 2. The Kier molecular flexibility index (Phi) is 6.23. The molecule has 0 bridgehead atoms. The van der Waals surface area contributed by atoms with Crippen molar-refractivity contribution < 1.29 is 4.74 Å². The second-order valence-corrected chi connectivity index (χ2v) is 7.56. The van der Waals surface area contributed by atoms with Crippen molar-refractivity contribution in [1.82, 2.24) is 9.55 Å². The number of anilines is 1. The van der Waals surface area contributed by atoms with Crippen molar-refractivity contribution in [3.8, 4) is 17.2 Å². The van der Waals surface area contributed by atoms with Crippen molar-refractivity contribution >= 4 is 28.2 Å². The number of nitrogens with two attached hydrogens (primary N) is 1. The zero-order valence-corrected chi connectivity index (χ0v) is 17.3. The van der Waals surface area contributed by atoms with E-state index in [4.69, 9.17) is 17.3 Å². The number of nitrogen functional groups attached to an aromatic ring is 1. The highest BCUT2D eigenvalue weighted by Crippen LogP contribution is 2.41. The molecule has 28 heavy (non-hydrogen) atoms. The number of ether oxygens (including phenoxy) is 1. The molecule has 4 rings (SSSR count). The van der Waals surface area contributed by atoms with E-state index < -0.39 is 0 Å². The van der Waals surface area contributed by atoms with Gasteiger partial charge in [-0.25, -0.2) is 0 Å². The smallest absolute Gasteiger partial charge is 0.0994 e. The average molecular weight is 397 g/mol. The van der Waals surface area contributed by atoms with E-state index >= 15 is 0 Å². The van der Waals surface area contributed by atoms with E-state index in [1.165, 1.54) is 25.7 Å². The van der Waals surface area contributed by atoms with Crippen LogP contribution in [-0.2, 0) is 4.74 Å². The predicted molar refractivity (Wildman–Crippen MR) is 114 cm³/mol. The van der Waals surface area contributed by atoms with E-state index in [1.807, 2.05) is 13.0 Å². The molecule has 0 aliphatic heterocycles. The number of hydrogen-bond acceptors (Lipinski definition) is 4. The van der Waals surface area contributed by atoms with Gasteiger partial charge in [0.25, 0.3) is 0 Å². The molecule has 3 aromatic rings. The zero-order valence-electron chi connectivity index (χ0n) is 16.5. The van der Waals surface area contributed by atoms with E-state index in [0.29, 0.717) is 22.3 Å². The lowest BCUT2D eigenvalue weighted by atomic mass is 10.0. The lowest BCUT2D eigenvalue weighted by Gasteiger charge is -2.13. The second kappa shape index (κ2) is 8.64. The summed E-state index contributed by atoms with van der Waals surface area (Å²) in [4.78, 5) is 4.21. The molecular formula is C22H25ClN4O. The minimum Gasteiger partial charge on any atom is -0.396 e. The summed E-state index contributed by atoms with van der Waals surface area (Å²) in [5, 5.41) is 11.0. The third-order valence-corrected chi connectivity index (χ3v) is 5.64. The number of benzene rings is 1. The van der Waals surface area contributed by atoms with Crippen LogP contribution in [0.25, 0.3) is 22.0 Å². The maximum Gasteiger partial charge on any atom is 0.0994 e. The van der Waals surface area contributed by atoms with Crippen LogP contribution in [-0.4, -0.2) is 23.8 Å². The molecule has 6 heteroatoms. The monoisotopic (exact) mass is 396 g/mol. The van der Waals surface area contributed by atoms with Gasteiger partial charge in [0.05, 0.1) is 28.5 Å². The SMILES string of the molecule is COC.Cc1cc2c(cc1C#N)c(-c1cncc(N)c1Cl)cn2C1CCCC1. The van der Waals surface area contributed by atoms with Gasteiger partial charge in [0.2, 0.25) is 0 Å². The lowest BCUT2D eigenvalue weighted by Crippen LogP contribution is -2.02. The van der Waals surface area contributed by atoms with Gasteiger partial charge in [-0.3, -0.25) is 4.98 Å². The molecule has 2 aromatic heterocycles. The Bertz CT molecular complexity index is 1030. The number of pyridine rings is 1. The van der Waals surface area contributed by atoms with Gasteiger partial charge in [-0.05, 0) is 37.5 Å². The van der Waals surface area contributed by atoms with Crippen molar-refractivity contribution in [2.75, 3.05) is 20.0 Å². The number of fused-ring (bicyclic) bond motifs is 1. The van der Waals surface area contributed by atoms with Crippen molar-refractivity contribution in [3.05, 3.63) is 46.9 Å². The van der Waals surface area contributed by atoms with Crippen LogP contribution in [0.4, 0.5) is 5.69 Å². The topological polar surface area (TPSA) is 76.9 Å². The minimum atomic E-state index is 0.466. The second-order valence-electron chi connectivity index (χ2n) is 7.18. The van der Waals surface area contributed by atoms with E-state index in [1.54, 1.807) is 26.6 Å². The molecule has 0 atom stereocenters. The summed E-state index contributed by atoms with van der Waals surface area (Å²) in [6.07, 6.45) is 10.4. The van der Waals surface area contributed by atoms with Crippen LogP contribution >= 0.6 is 11.6 Å². The predicted octanol–water partition coefficient (Wildman–Crippen LogP) is 5.50. The number of halogens is 1. The number of nitrogens with zero attached hydrogens (tertiary/aromatic N) is 3. The Labute approximate surface area is 170 Å². The van der Waals surface area contributed by atoms with E-state index in [9.17, 15) is 5.26 Å². The van der Waals surface area contributed by atoms with Gasteiger partial charge in [-0.15, -0.1) is 0 Å². The summed E-state index contributed by atoms with van der Waals surface area (Å²) >= 11 is 6.46. The Morgan fingerprint density at radius 1 is 1.21 bits per heavy atom. The Hall–Kier alpha value is -2.55. The van der Waals surface area contributed by atoms with Crippen molar-refractivity contribution in [1.29, 1.82) is 5.26 Å². The van der Waals surface area contributed by atoms with Gasteiger partial charge in [0.15, 0.2) is 0 Å². The fraction of sp³-hybridized carbons (Fsp3) is 0.364. The first-order valence-corrected chi connectivity index (χ1v) is 9.74. The first kappa shape index (κ1) is 20.2. The quantitative estimate of drug-likeness (QED) is 0.620. The molecular weight excluding hydrogens is 372 g/mol. The molecule has 1 aliphatic rings. The van der Waals surface area contributed by atoms with Gasteiger partial charge < -0.3 is 15.0 Å². The van der Waals surface area contributed by atoms with Crippen LogP contribution in [0.5, 0.6) is 0 Å². The third kappa shape index (κ3) is 3.71. The number of hydrogen-bond donors (Lipinski definition) is 1. The van der Waals surface area contributed by atoms with Crippen molar-refractivity contribution in [3.63, 3.8) is 0 Å². The van der Waals surface area contributed by atoms with E-state index in [-0.39, 0.29) is 0 Å². The largest absolute Gasteiger partial charge is 0.396 e. The van der Waals surface area contributed by atoms with Gasteiger partial charge in [0, 0.05) is 54.7 Å². The highest BCUT2D eigenvalue weighted by atomic mass is 35.5. The summed E-state index contributed by atoms with van der Waals surface area (Å²) in [5.41, 5.74) is 11.1. The summed E-state index contributed by atoms with van der Waals surface area (Å²) < 4.78 is 6.60. The number of nitriles is 1. The molecule has 0 radical (unpaired) electrons.